The summed E-state index contributed by atoms with van der Waals surface area (Å²) in [5.74, 6) is 2.27. The van der Waals surface area contributed by atoms with Gasteiger partial charge in [0.2, 0.25) is 5.91 Å². The molecule has 2 aliphatic carbocycles. The highest BCUT2D eigenvalue weighted by Gasteiger charge is 2.31. The Balaban J connectivity index is 1.62. The summed E-state index contributed by atoms with van der Waals surface area (Å²) in [5, 5.41) is 12.6. The Kier molecular flexibility index (Phi) is 5.64. The van der Waals surface area contributed by atoms with Crippen LogP contribution in [0.3, 0.4) is 0 Å². The SMILES string of the molecule is C=CCn1c(SC(C)C(=O)NC2CCCCC2C)nnc1C1CC1. The van der Waals surface area contributed by atoms with E-state index >= 15 is 0 Å². The summed E-state index contributed by atoms with van der Waals surface area (Å²) >= 11 is 1.50. The molecule has 3 unspecified atom stereocenters. The second kappa shape index (κ2) is 7.72. The van der Waals surface area contributed by atoms with E-state index < -0.39 is 0 Å². The highest BCUT2D eigenvalue weighted by molar-refractivity contribution is 8.00. The zero-order valence-electron chi connectivity index (χ0n) is 14.7. The molecule has 2 aliphatic rings. The lowest BCUT2D eigenvalue weighted by atomic mass is 9.86. The van der Waals surface area contributed by atoms with Crippen LogP contribution < -0.4 is 5.32 Å². The van der Waals surface area contributed by atoms with E-state index in [1.807, 2.05) is 13.0 Å². The maximum Gasteiger partial charge on any atom is 0.233 e. The molecule has 1 aromatic rings. The van der Waals surface area contributed by atoms with Crippen molar-refractivity contribution in [2.45, 2.75) is 81.3 Å². The fraction of sp³-hybridized carbons (Fsp3) is 0.722. The van der Waals surface area contributed by atoms with E-state index in [1.165, 1.54) is 43.9 Å². The van der Waals surface area contributed by atoms with Gasteiger partial charge in [-0.1, -0.05) is 37.6 Å². The van der Waals surface area contributed by atoms with Crippen molar-refractivity contribution in [2.75, 3.05) is 0 Å². The molecule has 0 aliphatic heterocycles. The van der Waals surface area contributed by atoms with Gasteiger partial charge in [0.15, 0.2) is 5.16 Å². The molecule has 3 rings (SSSR count). The van der Waals surface area contributed by atoms with E-state index in [2.05, 4.69) is 33.6 Å². The average molecular weight is 349 g/mol. The predicted octanol–water partition coefficient (Wildman–Crippen LogP) is 3.52. The molecule has 3 atom stereocenters. The zero-order valence-corrected chi connectivity index (χ0v) is 15.5. The van der Waals surface area contributed by atoms with E-state index in [1.54, 1.807) is 0 Å². The first-order valence-electron chi connectivity index (χ1n) is 9.11. The maximum absolute atomic E-state index is 12.6. The van der Waals surface area contributed by atoms with Gasteiger partial charge in [-0.05, 0) is 38.5 Å². The molecule has 0 radical (unpaired) electrons. The van der Waals surface area contributed by atoms with E-state index in [0.29, 0.717) is 24.4 Å². The number of amides is 1. The molecular weight excluding hydrogens is 320 g/mol. The number of allylic oxidation sites excluding steroid dienone is 1. The van der Waals surface area contributed by atoms with E-state index in [0.717, 1.165) is 17.4 Å². The average Bonchev–Trinajstić information content (AvgIpc) is 3.34. The second-order valence-electron chi connectivity index (χ2n) is 7.15. The molecule has 6 heteroatoms. The zero-order chi connectivity index (χ0) is 17.1. The quantitative estimate of drug-likeness (QED) is 0.605. The van der Waals surface area contributed by atoms with Crippen molar-refractivity contribution in [3.05, 3.63) is 18.5 Å². The first-order chi connectivity index (χ1) is 11.6. The molecule has 1 N–H and O–H groups in total. The number of thioether (sulfide) groups is 1. The van der Waals surface area contributed by atoms with Gasteiger partial charge < -0.3 is 9.88 Å². The van der Waals surface area contributed by atoms with Crippen LogP contribution in [0.5, 0.6) is 0 Å². The monoisotopic (exact) mass is 348 g/mol. The number of nitrogens with one attached hydrogen (secondary N) is 1. The molecule has 2 fully saturated rings. The minimum Gasteiger partial charge on any atom is -0.352 e. The number of hydrogen-bond acceptors (Lipinski definition) is 4. The standard InChI is InChI=1S/C18H28N4OS/c1-4-11-22-16(14-9-10-14)20-21-18(22)24-13(3)17(23)19-15-8-6-5-7-12(15)2/h4,12-15H,1,5-11H2,2-3H3,(H,19,23). The van der Waals surface area contributed by atoms with Gasteiger partial charge >= 0.3 is 0 Å². The second-order valence-corrected chi connectivity index (χ2v) is 8.46. The Morgan fingerprint density at radius 2 is 2.12 bits per heavy atom. The summed E-state index contributed by atoms with van der Waals surface area (Å²) in [4.78, 5) is 12.6. The third-order valence-electron chi connectivity index (χ3n) is 5.09. The smallest absolute Gasteiger partial charge is 0.233 e. The van der Waals surface area contributed by atoms with Crippen LogP contribution in [0.1, 0.15) is 64.1 Å². The lowest BCUT2D eigenvalue weighted by molar-refractivity contribution is -0.121. The Morgan fingerprint density at radius 1 is 1.38 bits per heavy atom. The Labute approximate surface area is 148 Å². The topological polar surface area (TPSA) is 59.8 Å². The molecule has 24 heavy (non-hydrogen) atoms. The van der Waals surface area contributed by atoms with Crippen LogP contribution in [0.4, 0.5) is 0 Å². The largest absolute Gasteiger partial charge is 0.352 e. The van der Waals surface area contributed by atoms with Gasteiger partial charge in [0.05, 0.1) is 5.25 Å². The van der Waals surface area contributed by atoms with Crippen LogP contribution in [-0.4, -0.2) is 32.0 Å². The highest BCUT2D eigenvalue weighted by Crippen LogP contribution is 2.40. The number of hydrogen-bond donors (Lipinski definition) is 1. The van der Waals surface area contributed by atoms with Crippen molar-refractivity contribution in [3.63, 3.8) is 0 Å². The summed E-state index contributed by atoms with van der Waals surface area (Å²) in [6, 6.07) is 0.322. The van der Waals surface area contributed by atoms with Gasteiger partial charge in [-0.15, -0.1) is 16.8 Å². The van der Waals surface area contributed by atoms with E-state index in [9.17, 15) is 4.79 Å². The molecule has 0 spiro atoms. The van der Waals surface area contributed by atoms with Gasteiger partial charge in [-0.25, -0.2) is 0 Å². The fourth-order valence-corrected chi connectivity index (χ4v) is 4.25. The van der Waals surface area contributed by atoms with Crippen molar-refractivity contribution in [3.8, 4) is 0 Å². The summed E-state index contributed by atoms with van der Waals surface area (Å²) in [5.41, 5.74) is 0. The maximum atomic E-state index is 12.6. The first kappa shape index (κ1) is 17.5. The van der Waals surface area contributed by atoms with Crippen LogP contribution in [0.25, 0.3) is 0 Å². The van der Waals surface area contributed by atoms with Crippen molar-refractivity contribution >= 4 is 17.7 Å². The van der Waals surface area contributed by atoms with Crippen LogP contribution in [-0.2, 0) is 11.3 Å². The van der Waals surface area contributed by atoms with Crippen molar-refractivity contribution in [2.24, 2.45) is 5.92 Å². The number of aromatic nitrogens is 3. The van der Waals surface area contributed by atoms with Gasteiger partial charge in [0.1, 0.15) is 5.82 Å². The molecule has 0 bridgehead atoms. The van der Waals surface area contributed by atoms with Gasteiger partial charge in [0.25, 0.3) is 0 Å². The summed E-state index contributed by atoms with van der Waals surface area (Å²) in [6.07, 6.45) is 9.06. The first-order valence-corrected chi connectivity index (χ1v) is 9.99. The van der Waals surface area contributed by atoms with Crippen LogP contribution in [0.2, 0.25) is 0 Å². The molecule has 1 heterocycles. The molecule has 0 saturated heterocycles. The van der Waals surface area contributed by atoms with Crippen molar-refractivity contribution < 1.29 is 4.79 Å². The Bertz CT molecular complexity index is 596. The molecular formula is C18H28N4OS. The number of nitrogens with zero attached hydrogens (tertiary/aromatic N) is 3. The molecule has 132 valence electrons. The normalized spacial score (nSPS) is 25.2. The third kappa shape index (κ3) is 4.02. The molecule has 1 aromatic heterocycles. The van der Waals surface area contributed by atoms with E-state index in [4.69, 9.17) is 0 Å². The van der Waals surface area contributed by atoms with Crippen molar-refractivity contribution in [1.29, 1.82) is 0 Å². The van der Waals surface area contributed by atoms with Crippen LogP contribution in [0.15, 0.2) is 17.8 Å². The summed E-state index contributed by atoms with van der Waals surface area (Å²) < 4.78 is 2.11. The summed E-state index contributed by atoms with van der Waals surface area (Å²) in [6.45, 7) is 8.73. The molecule has 0 aromatic carbocycles. The third-order valence-corrected chi connectivity index (χ3v) is 6.17. The molecule has 1 amide bonds. The van der Waals surface area contributed by atoms with Gasteiger partial charge in [-0.3, -0.25) is 4.79 Å². The van der Waals surface area contributed by atoms with Gasteiger partial charge in [-0.2, -0.15) is 0 Å². The van der Waals surface area contributed by atoms with E-state index in [-0.39, 0.29) is 11.2 Å². The van der Waals surface area contributed by atoms with Gasteiger partial charge in [0, 0.05) is 18.5 Å². The number of carbonyl (C=O) groups excluding carboxylic acids is 1. The highest BCUT2D eigenvalue weighted by atomic mass is 32.2. The van der Waals surface area contributed by atoms with Crippen molar-refractivity contribution in [1.82, 2.24) is 20.1 Å². The lowest BCUT2D eigenvalue weighted by Gasteiger charge is -2.30. The van der Waals surface area contributed by atoms with Crippen LogP contribution in [0, 0.1) is 5.92 Å². The summed E-state index contributed by atoms with van der Waals surface area (Å²) in [7, 11) is 0. The number of carbonyl (C=O) groups is 1. The predicted molar refractivity (Wildman–Crippen MR) is 97.1 cm³/mol. The Morgan fingerprint density at radius 3 is 2.79 bits per heavy atom. The molecule has 5 nitrogen and oxygen atoms in total. The lowest BCUT2D eigenvalue weighted by Crippen LogP contribution is -2.44. The fourth-order valence-electron chi connectivity index (χ4n) is 3.37. The Hall–Kier alpha value is -1.30. The molecule has 2 saturated carbocycles. The van der Waals surface area contributed by atoms with Crippen LogP contribution >= 0.6 is 11.8 Å². The number of rotatable bonds is 7. The minimum absolute atomic E-state index is 0.111. The minimum atomic E-state index is -0.168.